The van der Waals surface area contributed by atoms with Crippen LogP contribution in [-0.4, -0.2) is 28.0 Å². The van der Waals surface area contributed by atoms with E-state index in [9.17, 15) is 5.11 Å². The molecule has 0 spiro atoms. The monoisotopic (exact) mass is 279 g/mol. The molecule has 1 aromatic rings. The first-order valence-electron chi connectivity index (χ1n) is 7.91. The van der Waals surface area contributed by atoms with Crippen molar-refractivity contribution in [3.63, 3.8) is 0 Å². The smallest absolute Gasteiger partial charge is 0.0644 e. The third-order valence-electron chi connectivity index (χ3n) is 4.95. The summed E-state index contributed by atoms with van der Waals surface area (Å²) < 4.78 is 2.07. The van der Waals surface area contributed by atoms with E-state index in [1.807, 2.05) is 0 Å². The fourth-order valence-corrected chi connectivity index (χ4v) is 3.63. The minimum Gasteiger partial charge on any atom is -0.396 e. The van der Waals surface area contributed by atoms with Gasteiger partial charge in [-0.3, -0.25) is 4.68 Å². The van der Waals surface area contributed by atoms with Gasteiger partial charge in [-0.25, -0.2) is 0 Å². The molecule has 0 saturated heterocycles. The van der Waals surface area contributed by atoms with E-state index < -0.39 is 0 Å². The van der Waals surface area contributed by atoms with Gasteiger partial charge in [-0.2, -0.15) is 5.10 Å². The highest BCUT2D eigenvalue weighted by Gasteiger charge is 2.33. The van der Waals surface area contributed by atoms with Crippen LogP contribution in [0.5, 0.6) is 0 Å². The summed E-state index contributed by atoms with van der Waals surface area (Å²) in [7, 11) is 0. The molecule has 1 aromatic heterocycles. The molecule has 4 nitrogen and oxygen atoms in total. The number of aryl methyl sites for hydroxylation is 2. The second kappa shape index (κ2) is 6.27. The molecule has 0 radical (unpaired) electrons. The summed E-state index contributed by atoms with van der Waals surface area (Å²) >= 11 is 0. The van der Waals surface area contributed by atoms with Gasteiger partial charge in [0.05, 0.1) is 5.69 Å². The third-order valence-corrected chi connectivity index (χ3v) is 4.95. The van der Waals surface area contributed by atoms with E-state index in [4.69, 9.17) is 0 Å². The highest BCUT2D eigenvalue weighted by molar-refractivity contribution is 5.27. The molecule has 1 unspecified atom stereocenters. The van der Waals surface area contributed by atoms with Crippen LogP contribution < -0.4 is 5.32 Å². The molecule has 0 aromatic carbocycles. The van der Waals surface area contributed by atoms with Gasteiger partial charge in [0.15, 0.2) is 0 Å². The van der Waals surface area contributed by atoms with E-state index in [0.29, 0.717) is 12.6 Å². The Morgan fingerprint density at radius 1 is 1.35 bits per heavy atom. The molecule has 2 N–H and O–H groups in total. The van der Waals surface area contributed by atoms with Crippen LogP contribution in [0, 0.1) is 19.3 Å². The fraction of sp³-hybridized carbons (Fsp3) is 0.812. The number of nitrogens with zero attached hydrogens (tertiary/aromatic N) is 2. The standard InChI is InChI=1S/C16H29N3O/c1-5-19-14(4)15(13(3)18-19)12(2)17-10-16(11-20)8-6-7-9-16/h12,17,20H,5-11H2,1-4H3. The normalized spacial score (nSPS) is 19.4. The second-order valence-corrected chi connectivity index (χ2v) is 6.37. The molecule has 1 fully saturated rings. The van der Waals surface area contributed by atoms with Crippen LogP contribution in [0.1, 0.15) is 62.5 Å². The maximum absolute atomic E-state index is 9.69. The summed E-state index contributed by atoms with van der Waals surface area (Å²) in [5.74, 6) is 0. The Morgan fingerprint density at radius 3 is 2.50 bits per heavy atom. The lowest BCUT2D eigenvalue weighted by Crippen LogP contribution is -2.36. The van der Waals surface area contributed by atoms with E-state index in [1.54, 1.807) is 0 Å². The van der Waals surface area contributed by atoms with Crippen LogP contribution in [0.2, 0.25) is 0 Å². The van der Waals surface area contributed by atoms with Gasteiger partial charge in [0, 0.05) is 42.4 Å². The van der Waals surface area contributed by atoms with Crippen molar-refractivity contribution >= 4 is 0 Å². The maximum Gasteiger partial charge on any atom is 0.0644 e. The molecular formula is C16H29N3O. The highest BCUT2D eigenvalue weighted by atomic mass is 16.3. The Kier molecular flexibility index (Phi) is 4.86. The van der Waals surface area contributed by atoms with E-state index in [0.717, 1.165) is 31.6 Å². The minimum absolute atomic E-state index is 0.108. The Labute approximate surface area is 122 Å². The zero-order valence-electron chi connectivity index (χ0n) is 13.4. The van der Waals surface area contributed by atoms with Crippen molar-refractivity contribution < 1.29 is 5.11 Å². The lowest BCUT2D eigenvalue weighted by atomic mass is 9.87. The number of hydrogen-bond donors (Lipinski definition) is 2. The summed E-state index contributed by atoms with van der Waals surface area (Å²) in [6.07, 6.45) is 4.80. The van der Waals surface area contributed by atoms with Crippen LogP contribution in [-0.2, 0) is 6.54 Å². The second-order valence-electron chi connectivity index (χ2n) is 6.37. The number of aliphatic hydroxyl groups is 1. The van der Waals surface area contributed by atoms with Gasteiger partial charge in [-0.15, -0.1) is 0 Å². The van der Waals surface area contributed by atoms with Crippen molar-refractivity contribution in [1.82, 2.24) is 15.1 Å². The zero-order valence-corrected chi connectivity index (χ0v) is 13.4. The van der Waals surface area contributed by atoms with Crippen molar-refractivity contribution in [2.45, 2.75) is 66.0 Å². The van der Waals surface area contributed by atoms with Gasteiger partial charge in [0.1, 0.15) is 0 Å². The Balaban J connectivity index is 2.05. The number of aliphatic hydroxyl groups excluding tert-OH is 1. The molecule has 0 amide bonds. The van der Waals surface area contributed by atoms with Crippen LogP contribution in [0.4, 0.5) is 0 Å². The van der Waals surface area contributed by atoms with E-state index in [-0.39, 0.29) is 5.41 Å². The molecule has 1 heterocycles. The van der Waals surface area contributed by atoms with Gasteiger partial charge in [0.25, 0.3) is 0 Å². The summed E-state index contributed by atoms with van der Waals surface area (Å²) in [6.45, 7) is 10.7. The fourth-order valence-electron chi connectivity index (χ4n) is 3.63. The van der Waals surface area contributed by atoms with Crippen molar-refractivity contribution in [3.8, 4) is 0 Å². The molecule has 20 heavy (non-hydrogen) atoms. The van der Waals surface area contributed by atoms with Gasteiger partial charge in [-0.05, 0) is 40.5 Å². The predicted molar refractivity (Wildman–Crippen MR) is 81.8 cm³/mol. The molecule has 1 aliphatic carbocycles. The van der Waals surface area contributed by atoms with Crippen LogP contribution in [0.25, 0.3) is 0 Å². The number of hydrogen-bond acceptors (Lipinski definition) is 3. The summed E-state index contributed by atoms with van der Waals surface area (Å²) in [6, 6.07) is 0.291. The molecule has 1 saturated carbocycles. The topological polar surface area (TPSA) is 50.1 Å². The van der Waals surface area contributed by atoms with Crippen LogP contribution in [0.15, 0.2) is 0 Å². The molecule has 1 atom stereocenters. The molecule has 4 heteroatoms. The van der Waals surface area contributed by atoms with E-state index in [1.165, 1.54) is 24.1 Å². The van der Waals surface area contributed by atoms with Crippen molar-refractivity contribution in [2.75, 3.05) is 13.2 Å². The Morgan fingerprint density at radius 2 is 2.00 bits per heavy atom. The predicted octanol–water partition coefficient (Wildman–Crippen LogP) is 2.72. The quantitative estimate of drug-likeness (QED) is 0.842. The summed E-state index contributed by atoms with van der Waals surface area (Å²) in [5.41, 5.74) is 3.80. The first kappa shape index (κ1) is 15.5. The van der Waals surface area contributed by atoms with Crippen molar-refractivity contribution in [2.24, 2.45) is 5.41 Å². The largest absolute Gasteiger partial charge is 0.396 e. The number of nitrogens with one attached hydrogen (secondary N) is 1. The lowest BCUT2D eigenvalue weighted by Gasteiger charge is -2.29. The average Bonchev–Trinajstić information content (AvgIpc) is 3.02. The summed E-state index contributed by atoms with van der Waals surface area (Å²) in [5, 5.41) is 17.9. The van der Waals surface area contributed by atoms with Gasteiger partial charge < -0.3 is 10.4 Å². The van der Waals surface area contributed by atoms with Gasteiger partial charge in [-0.1, -0.05) is 12.8 Å². The van der Waals surface area contributed by atoms with Gasteiger partial charge in [0.2, 0.25) is 0 Å². The highest BCUT2D eigenvalue weighted by Crippen LogP contribution is 2.37. The van der Waals surface area contributed by atoms with Crippen molar-refractivity contribution in [3.05, 3.63) is 17.0 Å². The zero-order chi connectivity index (χ0) is 14.8. The van der Waals surface area contributed by atoms with Gasteiger partial charge >= 0.3 is 0 Å². The van der Waals surface area contributed by atoms with E-state index in [2.05, 4.69) is 42.8 Å². The first-order valence-corrected chi connectivity index (χ1v) is 7.91. The average molecular weight is 279 g/mol. The SMILES string of the molecule is CCn1nc(C)c(C(C)NCC2(CO)CCCC2)c1C. The summed E-state index contributed by atoms with van der Waals surface area (Å²) in [4.78, 5) is 0. The molecule has 0 bridgehead atoms. The molecule has 2 rings (SSSR count). The number of aromatic nitrogens is 2. The maximum atomic E-state index is 9.69. The molecule has 114 valence electrons. The lowest BCUT2D eigenvalue weighted by molar-refractivity contribution is 0.125. The first-order chi connectivity index (χ1) is 9.53. The molecule has 1 aliphatic rings. The molecule has 0 aliphatic heterocycles. The number of rotatable bonds is 6. The van der Waals surface area contributed by atoms with Crippen LogP contribution in [0.3, 0.4) is 0 Å². The third kappa shape index (κ3) is 2.91. The van der Waals surface area contributed by atoms with Crippen molar-refractivity contribution in [1.29, 1.82) is 0 Å². The Bertz CT molecular complexity index is 447. The van der Waals surface area contributed by atoms with E-state index >= 15 is 0 Å². The van der Waals surface area contributed by atoms with Crippen LogP contribution >= 0.6 is 0 Å². The Hall–Kier alpha value is -0.870. The molecular weight excluding hydrogens is 250 g/mol. The minimum atomic E-state index is 0.108.